The molecular formula is C76H147N2O6P. The van der Waals surface area contributed by atoms with E-state index in [2.05, 4.69) is 67.8 Å². The van der Waals surface area contributed by atoms with Gasteiger partial charge in [0, 0.05) is 6.42 Å². The van der Waals surface area contributed by atoms with Crippen LogP contribution in [0.25, 0.3) is 0 Å². The fourth-order valence-corrected chi connectivity index (χ4v) is 12.3. The van der Waals surface area contributed by atoms with Crippen molar-refractivity contribution in [2.75, 3.05) is 40.9 Å². The average molecular weight is 1220 g/mol. The Hall–Kier alpha value is -1.54. The Bertz CT molecular complexity index is 1530. The number of quaternary nitrogens is 1. The van der Waals surface area contributed by atoms with Gasteiger partial charge in [0.15, 0.2) is 0 Å². The summed E-state index contributed by atoms with van der Waals surface area (Å²) in [6, 6.07) is -0.801. The lowest BCUT2D eigenvalue weighted by Crippen LogP contribution is -2.46. The number of phosphoric acid groups is 1. The molecule has 502 valence electrons. The summed E-state index contributed by atoms with van der Waals surface area (Å²) in [6.07, 6.45) is 90.7. The van der Waals surface area contributed by atoms with Crippen LogP contribution in [0.4, 0.5) is 0 Å². The Balaban J connectivity index is 3.93. The first kappa shape index (κ1) is 83.5. The third-order valence-corrected chi connectivity index (χ3v) is 18.3. The lowest BCUT2D eigenvalue weighted by Gasteiger charge is -2.30. The van der Waals surface area contributed by atoms with Gasteiger partial charge in [0.25, 0.3) is 7.82 Å². The van der Waals surface area contributed by atoms with Gasteiger partial charge in [0.1, 0.15) is 13.2 Å². The first-order valence-electron chi connectivity index (χ1n) is 37.5. The van der Waals surface area contributed by atoms with Crippen molar-refractivity contribution < 1.29 is 32.9 Å². The lowest BCUT2D eigenvalue weighted by molar-refractivity contribution is -0.870. The summed E-state index contributed by atoms with van der Waals surface area (Å²) in [6.45, 7) is 4.67. The monoisotopic (exact) mass is 1220 g/mol. The molecule has 85 heavy (non-hydrogen) atoms. The Morgan fingerprint density at radius 1 is 0.424 bits per heavy atom. The predicted molar refractivity (Wildman–Crippen MR) is 371 cm³/mol. The van der Waals surface area contributed by atoms with Crippen molar-refractivity contribution in [2.24, 2.45) is 0 Å². The highest BCUT2D eigenvalue weighted by Gasteiger charge is 2.24. The topological polar surface area (TPSA) is 108 Å². The molecule has 0 saturated carbocycles. The number of likely N-dealkylation sites (N-methyl/N-ethyl adjacent to an activating group) is 1. The van der Waals surface area contributed by atoms with Gasteiger partial charge in [-0.15, -0.1) is 0 Å². The van der Waals surface area contributed by atoms with E-state index in [-0.39, 0.29) is 19.1 Å². The molecule has 0 aromatic carbocycles. The zero-order valence-electron chi connectivity index (χ0n) is 57.6. The normalized spacial score (nSPS) is 13.8. The molecule has 0 bridgehead atoms. The van der Waals surface area contributed by atoms with E-state index in [9.17, 15) is 19.4 Å². The van der Waals surface area contributed by atoms with Gasteiger partial charge in [-0.25, -0.2) is 0 Å². The minimum Gasteiger partial charge on any atom is -0.756 e. The predicted octanol–water partition coefficient (Wildman–Crippen LogP) is 23.5. The molecule has 8 nitrogen and oxygen atoms in total. The van der Waals surface area contributed by atoms with Gasteiger partial charge < -0.3 is 28.8 Å². The molecule has 0 heterocycles. The van der Waals surface area contributed by atoms with Crippen LogP contribution in [0, 0.1) is 0 Å². The van der Waals surface area contributed by atoms with Crippen LogP contribution in [0.1, 0.15) is 380 Å². The Labute approximate surface area is 530 Å². The van der Waals surface area contributed by atoms with E-state index in [0.717, 1.165) is 64.2 Å². The number of carbonyl (C=O) groups is 1. The molecule has 9 heteroatoms. The van der Waals surface area contributed by atoms with Crippen molar-refractivity contribution in [3.05, 3.63) is 48.6 Å². The third kappa shape index (κ3) is 69.8. The largest absolute Gasteiger partial charge is 0.756 e. The zero-order valence-corrected chi connectivity index (χ0v) is 58.5. The number of aliphatic hydroxyl groups is 1. The Kier molecular flexibility index (Phi) is 65.7. The van der Waals surface area contributed by atoms with Gasteiger partial charge in [0.2, 0.25) is 5.91 Å². The summed E-state index contributed by atoms with van der Waals surface area (Å²) in [4.78, 5) is 25.7. The number of unbranched alkanes of at least 4 members (excludes halogenated alkanes) is 49. The van der Waals surface area contributed by atoms with Crippen molar-refractivity contribution in [1.29, 1.82) is 0 Å². The quantitative estimate of drug-likeness (QED) is 0.0272. The minimum atomic E-state index is -4.58. The Morgan fingerprint density at radius 3 is 1.05 bits per heavy atom. The van der Waals surface area contributed by atoms with E-state index < -0.39 is 20.0 Å². The maximum atomic E-state index is 13.1. The number of carbonyl (C=O) groups excluding carboxylic acids is 1. The van der Waals surface area contributed by atoms with E-state index in [1.54, 1.807) is 0 Å². The van der Waals surface area contributed by atoms with Crippen LogP contribution in [-0.2, 0) is 18.4 Å². The number of phosphoric ester groups is 1. The molecule has 0 saturated heterocycles. The van der Waals surface area contributed by atoms with Crippen molar-refractivity contribution in [2.45, 2.75) is 392 Å². The molecule has 1 amide bonds. The van der Waals surface area contributed by atoms with Crippen LogP contribution in [-0.4, -0.2) is 68.5 Å². The first-order chi connectivity index (χ1) is 41.5. The summed E-state index contributed by atoms with van der Waals surface area (Å²) >= 11 is 0. The smallest absolute Gasteiger partial charge is 0.268 e. The molecule has 0 spiro atoms. The second-order valence-electron chi connectivity index (χ2n) is 27.0. The maximum Gasteiger partial charge on any atom is 0.268 e. The molecule has 0 aromatic heterocycles. The summed E-state index contributed by atoms with van der Waals surface area (Å²) in [7, 11) is 1.32. The molecule has 0 rings (SSSR count). The molecule has 0 fully saturated rings. The van der Waals surface area contributed by atoms with Gasteiger partial charge >= 0.3 is 0 Å². The van der Waals surface area contributed by atoms with Crippen LogP contribution >= 0.6 is 7.82 Å². The molecular weight excluding hydrogens is 1070 g/mol. The molecule has 3 atom stereocenters. The van der Waals surface area contributed by atoms with Crippen molar-refractivity contribution in [3.63, 3.8) is 0 Å². The van der Waals surface area contributed by atoms with Gasteiger partial charge in [-0.3, -0.25) is 9.36 Å². The third-order valence-electron chi connectivity index (χ3n) is 17.3. The first-order valence-corrected chi connectivity index (χ1v) is 38.9. The van der Waals surface area contributed by atoms with Gasteiger partial charge in [-0.1, -0.05) is 371 Å². The highest BCUT2D eigenvalue weighted by atomic mass is 31.2. The highest BCUT2D eigenvalue weighted by molar-refractivity contribution is 7.45. The number of nitrogens with zero attached hydrogens (tertiary/aromatic N) is 1. The zero-order chi connectivity index (χ0) is 61.9. The average Bonchev–Trinajstić information content (AvgIpc) is 3.49. The molecule has 0 aromatic rings. The molecule has 0 aliphatic rings. The number of nitrogens with one attached hydrogen (secondary N) is 1. The standard InChI is InChI=1S/C76H147N2O6P/c1-6-8-10-12-14-16-18-20-22-24-26-28-30-32-34-35-36-37-38-39-40-41-42-43-44-46-48-50-52-54-56-58-60-62-64-66-68-70-76(80)77-74(73-84-85(81,82)83-72-71-78(3,4)5)75(79)69-67-65-63-61-59-57-55-53-51-49-47-45-33-31-29-27-25-23-21-19-17-15-13-11-9-7-2/h8,10,14,16,20,22,26,28,74-75,79H,6-7,9,11-13,15,17-19,21,23-25,27,29-73H2,1-5H3,(H-,77,80,81,82)/b10-8-,16-14-,22-20-,28-26-. The SMILES string of the molecule is CC/C=C\C/C=C\C/C=C\C/C=C\CCCCCCCCCCCCCCCCCCCCCCCCCCC(=O)NC(COP(=O)([O-])OCC[N+](C)(C)C)C(O)CCCCCCCCCCCCCCCCCCCCCCCCCCCC. The van der Waals surface area contributed by atoms with Crippen LogP contribution in [0.15, 0.2) is 48.6 Å². The van der Waals surface area contributed by atoms with E-state index >= 15 is 0 Å². The van der Waals surface area contributed by atoms with Crippen LogP contribution < -0.4 is 10.2 Å². The van der Waals surface area contributed by atoms with E-state index in [4.69, 9.17) is 9.05 Å². The van der Waals surface area contributed by atoms with Crippen LogP contribution in [0.5, 0.6) is 0 Å². The number of aliphatic hydroxyl groups excluding tert-OH is 1. The second-order valence-corrected chi connectivity index (χ2v) is 28.4. The van der Waals surface area contributed by atoms with Crippen molar-refractivity contribution in [1.82, 2.24) is 5.32 Å². The lowest BCUT2D eigenvalue weighted by atomic mass is 10.0. The summed E-state index contributed by atoms with van der Waals surface area (Å²) in [5, 5.41) is 14.1. The minimum absolute atomic E-state index is 0.0145. The van der Waals surface area contributed by atoms with E-state index in [0.29, 0.717) is 23.9 Å². The number of hydrogen-bond acceptors (Lipinski definition) is 6. The number of allylic oxidation sites excluding steroid dienone is 8. The number of rotatable bonds is 70. The molecule has 3 unspecified atom stereocenters. The summed E-state index contributed by atoms with van der Waals surface area (Å²) < 4.78 is 23.6. The fourth-order valence-electron chi connectivity index (χ4n) is 11.6. The molecule has 0 aliphatic heterocycles. The number of hydrogen-bond donors (Lipinski definition) is 2. The molecule has 0 aliphatic carbocycles. The second kappa shape index (κ2) is 66.9. The van der Waals surface area contributed by atoms with Crippen LogP contribution in [0.3, 0.4) is 0 Å². The van der Waals surface area contributed by atoms with Gasteiger partial charge in [0.05, 0.1) is 39.9 Å². The van der Waals surface area contributed by atoms with Gasteiger partial charge in [-0.05, 0) is 51.4 Å². The summed E-state index contributed by atoms with van der Waals surface area (Å²) in [5.41, 5.74) is 0. The fraction of sp³-hybridized carbons (Fsp3) is 0.882. The summed E-state index contributed by atoms with van der Waals surface area (Å²) in [5.74, 6) is -0.156. The van der Waals surface area contributed by atoms with Gasteiger partial charge in [-0.2, -0.15) is 0 Å². The van der Waals surface area contributed by atoms with Crippen molar-refractivity contribution in [3.8, 4) is 0 Å². The van der Waals surface area contributed by atoms with Crippen LogP contribution in [0.2, 0.25) is 0 Å². The number of amides is 1. The van der Waals surface area contributed by atoms with E-state index in [1.165, 1.54) is 289 Å². The molecule has 0 radical (unpaired) electrons. The highest BCUT2D eigenvalue weighted by Crippen LogP contribution is 2.38. The van der Waals surface area contributed by atoms with Crippen molar-refractivity contribution >= 4 is 13.7 Å². The Morgan fingerprint density at radius 2 is 0.718 bits per heavy atom. The molecule has 2 N–H and O–H groups in total. The van der Waals surface area contributed by atoms with E-state index in [1.807, 2.05) is 21.1 Å². The maximum absolute atomic E-state index is 13.1.